The Kier molecular flexibility index (Phi) is 5.52. The molecule has 4 aromatic rings. The van der Waals surface area contributed by atoms with E-state index in [0.29, 0.717) is 29.6 Å². The summed E-state index contributed by atoms with van der Waals surface area (Å²) < 4.78 is 19.6. The van der Waals surface area contributed by atoms with Crippen molar-refractivity contribution in [2.45, 2.75) is 6.54 Å². The van der Waals surface area contributed by atoms with Crippen LogP contribution < -0.4 is 10.1 Å². The maximum atomic E-state index is 13.3. The van der Waals surface area contributed by atoms with Crippen molar-refractivity contribution in [3.63, 3.8) is 0 Å². The third-order valence-electron chi connectivity index (χ3n) is 4.53. The summed E-state index contributed by atoms with van der Waals surface area (Å²) >= 11 is 0. The van der Waals surface area contributed by atoms with Gasteiger partial charge < -0.3 is 10.1 Å². The number of rotatable bonds is 6. The largest absolute Gasteiger partial charge is 0.497 e. The molecular formula is C23H19FN4O2. The van der Waals surface area contributed by atoms with Crippen LogP contribution >= 0.6 is 0 Å². The quantitative estimate of drug-likeness (QED) is 0.518. The van der Waals surface area contributed by atoms with E-state index in [9.17, 15) is 9.18 Å². The molecule has 4 rings (SSSR count). The van der Waals surface area contributed by atoms with Crippen LogP contribution in [0.5, 0.6) is 5.75 Å². The number of hydrogen-bond donors (Lipinski definition) is 1. The zero-order valence-electron chi connectivity index (χ0n) is 16.2. The average Bonchev–Trinajstić information content (AvgIpc) is 3.23. The molecule has 1 N–H and O–H groups in total. The predicted molar refractivity (Wildman–Crippen MR) is 112 cm³/mol. The Balaban J connectivity index is 1.68. The molecule has 0 aliphatic heterocycles. The van der Waals surface area contributed by atoms with Gasteiger partial charge in [-0.2, -0.15) is 9.67 Å². The van der Waals surface area contributed by atoms with E-state index in [1.54, 1.807) is 19.2 Å². The van der Waals surface area contributed by atoms with Crippen molar-refractivity contribution in [1.82, 2.24) is 14.8 Å². The van der Waals surface area contributed by atoms with Crippen LogP contribution in [0.4, 0.5) is 10.3 Å². The molecule has 150 valence electrons. The zero-order valence-corrected chi connectivity index (χ0v) is 16.2. The highest BCUT2D eigenvalue weighted by Gasteiger charge is 2.19. The molecule has 0 aliphatic carbocycles. The van der Waals surface area contributed by atoms with Gasteiger partial charge in [0.25, 0.3) is 5.91 Å². The standard InChI is InChI=1S/C23H19FN4O2/c1-30-20-13-9-17(10-14-20)21-26-23(25-15-16-5-3-2-4-6-16)28(27-21)22(29)18-7-11-19(24)12-8-18/h2-14H,15H2,1H3,(H,25,26,27). The summed E-state index contributed by atoms with van der Waals surface area (Å²) in [5.41, 5.74) is 2.09. The highest BCUT2D eigenvalue weighted by molar-refractivity contribution is 5.97. The zero-order chi connectivity index (χ0) is 20.9. The van der Waals surface area contributed by atoms with Gasteiger partial charge in [-0.05, 0) is 54.1 Å². The van der Waals surface area contributed by atoms with E-state index in [0.717, 1.165) is 11.1 Å². The van der Waals surface area contributed by atoms with Gasteiger partial charge in [0.2, 0.25) is 5.95 Å². The minimum Gasteiger partial charge on any atom is -0.497 e. The van der Waals surface area contributed by atoms with Crippen molar-refractivity contribution in [3.05, 3.63) is 95.8 Å². The van der Waals surface area contributed by atoms with Crippen LogP contribution in [0.25, 0.3) is 11.4 Å². The molecule has 0 unspecified atom stereocenters. The topological polar surface area (TPSA) is 69.0 Å². The summed E-state index contributed by atoms with van der Waals surface area (Å²) in [4.78, 5) is 17.5. The lowest BCUT2D eigenvalue weighted by atomic mass is 10.2. The number of aromatic nitrogens is 3. The molecule has 3 aromatic carbocycles. The van der Waals surface area contributed by atoms with E-state index in [-0.39, 0.29) is 0 Å². The summed E-state index contributed by atoms with van der Waals surface area (Å²) in [6, 6.07) is 22.3. The average molecular weight is 402 g/mol. The van der Waals surface area contributed by atoms with Gasteiger partial charge in [0.05, 0.1) is 7.11 Å². The fourth-order valence-electron chi connectivity index (χ4n) is 2.92. The van der Waals surface area contributed by atoms with E-state index < -0.39 is 11.7 Å². The molecular weight excluding hydrogens is 383 g/mol. The van der Waals surface area contributed by atoms with Crippen molar-refractivity contribution in [1.29, 1.82) is 0 Å². The molecule has 0 atom stereocenters. The van der Waals surface area contributed by atoms with Gasteiger partial charge in [0, 0.05) is 17.7 Å². The van der Waals surface area contributed by atoms with Crippen LogP contribution in [0.15, 0.2) is 78.9 Å². The molecule has 1 aromatic heterocycles. The number of hydrogen-bond acceptors (Lipinski definition) is 5. The second-order valence-electron chi connectivity index (χ2n) is 6.55. The molecule has 30 heavy (non-hydrogen) atoms. The number of nitrogens with one attached hydrogen (secondary N) is 1. The van der Waals surface area contributed by atoms with E-state index in [1.807, 2.05) is 42.5 Å². The third kappa shape index (κ3) is 4.20. The van der Waals surface area contributed by atoms with Crippen LogP contribution in [0, 0.1) is 5.82 Å². The van der Waals surface area contributed by atoms with Crippen LogP contribution in [0.1, 0.15) is 15.9 Å². The maximum Gasteiger partial charge on any atom is 0.281 e. The van der Waals surface area contributed by atoms with Gasteiger partial charge in [0.15, 0.2) is 5.82 Å². The number of benzene rings is 3. The van der Waals surface area contributed by atoms with Crippen molar-refractivity contribution < 1.29 is 13.9 Å². The molecule has 6 nitrogen and oxygen atoms in total. The lowest BCUT2D eigenvalue weighted by Gasteiger charge is -2.07. The lowest BCUT2D eigenvalue weighted by Crippen LogP contribution is -2.17. The molecule has 1 heterocycles. The lowest BCUT2D eigenvalue weighted by molar-refractivity contribution is 0.0947. The number of carbonyl (C=O) groups is 1. The maximum absolute atomic E-state index is 13.3. The molecule has 7 heteroatoms. The molecule has 0 aliphatic rings. The summed E-state index contributed by atoms with van der Waals surface area (Å²) in [6.45, 7) is 0.471. The van der Waals surface area contributed by atoms with Gasteiger partial charge in [-0.25, -0.2) is 4.39 Å². The van der Waals surface area contributed by atoms with E-state index in [1.165, 1.54) is 28.9 Å². The third-order valence-corrected chi connectivity index (χ3v) is 4.53. The van der Waals surface area contributed by atoms with Crippen molar-refractivity contribution >= 4 is 11.9 Å². The van der Waals surface area contributed by atoms with Gasteiger partial charge in [0.1, 0.15) is 11.6 Å². The number of ether oxygens (including phenoxy) is 1. The summed E-state index contributed by atoms with van der Waals surface area (Å²) in [5.74, 6) is 0.593. The molecule has 0 fully saturated rings. The molecule has 0 amide bonds. The van der Waals surface area contributed by atoms with Crippen molar-refractivity contribution in [2.24, 2.45) is 0 Å². The minimum atomic E-state index is -0.411. The second kappa shape index (κ2) is 8.57. The fraction of sp³-hybridized carbons (Fsp3) is 0.0870. The highest BCUT2D eigenvalue weighted by Crippen LogP contribution is 2.22. The fourth-order valence-corrected chi connectivity index (χ4v) is 2.92. The first-order chi connectivity index (χ1) is 14.6. The molecule has 0 radical (unpaired) electrons. The number of carbonyl (C=O) groups excluding carboxylic acids is 1. The molecule has 0 saturated carbocycles. The normalized spacial score (nSPS) is 10.6. The monoisotopic (exact) mass is 402 g/mol. The van der Waals surface area contributed by atoms with Crippen LogP contribution in [-0.4, -0.2) is 27.8 Å². The van der Waals surface area contributed by atoms with Gasteiger partial charge in [-0.15, -0.1) is 5.10 Å². The Bertz CT molecular complexity index is 1140. The van der Waals surface area contributed by atoms with Crippen LogP contribution in [0.3, 0.4) is 0 Å². The van der Waals surface area contributed by atoms with Crippen molar-refractivity contribution in [2.75, 3.05) is 12.4 Å². The highest BCUT2D eigenvalue weighted by atomic mass is 19.1. The molecule has 0 saturated heterocycles. The predicted octanol–water partition coefficient (Wildman–Crippen LogP) is 4.39. The smallest absolute Gasteiger partial charge is 0.281 e. The Morgan fingerprint density at radius 3 is 2.37 bits per heavy atom. The Hall–Kier alpha value is -4.00. The van der Waals surface area contributed by atoms with E-state index in [4.69, 9.17) is 4.74 Å². The number of nitrogens with zero attached hydrogens (tertiary/aromatic N) is 3. The van der Waals surface area contributed by atoms with Gasteiger partial charge in [-0.3, -0.25) is 4.79 Å². The first kappa shape index (κ1) is 19.3. The van der Waals surface area contributed by atoms with Crippen LogP contribution in [0.2, 0.25) is 0 Å². The minimum absolute atomic E-state index is 0.305. The second-order valence-corrected chi connectivity index (χ2v) is 6.55. The summed E-state index contributed by atoms with van der Waals surface area (Å²) in [6.07, 6.45) is 0. The molecule has 0 bridgehead atoms. The van der Waals surface area contributed by atoms with E-state index >= 15 is 0 Å². The number of anilines is 1. The number of methoxy groups -OCH3 is 1. The Labute approximate surface area is 173 Å². The Morgan fingerprint density at radius 1 is 1.00 bits per heavy atom. The SMILES string of the molecule is COc1ccc(-c2nc(NCc3ccccc3)n(C(=O)c3ccc(F)cc3)n2)cc1. The summed E-state index contributed by atoms with van der Waals surface area (Å²) in [7, 11) is 1.59. The first-order valence-electron chi connectivity index (χ1n) is 9.33. The Morgan fingerprint density at radius 2 is 1.70 bits per heavy atom. The van der Waals surface area contributed by atoms with Gasteiger partial charge >= 0.3 is 0 Å². The van der Waals surface area contributed by atoms with E-state index in [2.05, 4.69) is 15.4 Å². The first-order valence-corrected chi connectivity index (χ1v) is 9.33. The molecule has 0 spiro atoms. The van der Waals surface area contributed by atoms with Crippen molar-refractivity contribution in [3.8, 4) is 17.1 Å². The summed E-state index contributed by atoms with van der Waals surface area (Å²) in [5, 5.41) is 7.58. The number of halogens is 1. The van der Waals surface area contributed by atoms with Gasteiger partial charge in [-0.1, -0.05) is 30.3 Å². The van der Waals surface area contributed by atoms with Crippen LogP contribution in [-0.2, 0) is 6.54 Å².